The van der Waals surface area contributed by atoms with E-state index in [0.717, 1.165) is 4.47 Å². The molecule has 1 rings (SSSR count). The fraction of sp³-hybridized carbons (Fsp3) is 0.364. The van der Waals surface area contributed by atoms with Crippen molar-refractivity contribution in [2.45, 2.75) is 13.5 Å². The van der Waals surface area contributed by atoms with Crippen molar-refractivity contribution in [2.24, 2.45) is 5.92 Å². The Bertz CT molecular complexity index is 384. The van der Waals surface area contributed by atoms with Crippen molar-refractivity contribution in [1.82, 2.24) is 5.32 Å². The van der Waals surface area contributed by atoms with Gasteiger partial charge in [0.25, 0.3) is 0 Å². The summed E-state index contributed by atoms with van der Waals surface area (Å²) in [6.45, 7) is 2.25. The fourth-order valence-electron chi connectivity index (χ4n) is 1.19. The summed E-state index contributed by atoms with van der Waals surface area (Å²) in [6, 6.07) is 4.67. The van der Waals surface area contributed by atoms with Crippen molar-refractivity contribution in [3.63, 3.8) is 0 Å². The number of hydrogen-bond acceptors (Lipinski definition) is 2. The van der Waals surface area contributed by atoms with Crippen LogP contribution >= 0.6 is 15.9 Å². The van der Waals surface area contributed by atoms with Crippen molar-refractivity contribution in [1.29, 1.82) is 0 Å². The standard InChI is InChI=1S/C11H13BrFNO2/c1-7(11(15)16)5-14-6-8-4-9(12)2-3-10(8)13/h2-4,7,14H,5-6H2,1H3,(H,15,16). The van der Waals surface area contributed by atoms with Gasteiger partial charge >= 0.3 is 5.97 Å². The molecule has 0 saturated carbocycles. The van der Waals surface area contributed by atoms with Gasteiger partial charge in [-0.2, -0.15) is 0 Å². The monoisotopic (exact) mass is 289 g/mol. The number of aliphatic carboxylic acids is 1. The van der Waals surface area contributed by atoms with Crippen LogP contribution in [0, 0.1) is 11.7 Å². The van der Waals surface area contributed by atoms with E-state index in [1.165, 1.54) is 6.07 Å². The summed E-state index contributed by atoms with van der Waals surface area (Å²) in [5, 5.41) is 11.6. The minimum atomic E-state index is -0.859. The van der Waals surface area contributed by atoms with E-state index in [9.17, 15) is 9.18 Å². The normalized spacial score (nSPS) is 12.4. The first-order chi connectivity index (χ1) is 7.50. The van der Waals surface area contributed by atoms with Crippen LogP contribution in [0.15, 0.2) is 22.7 Å². The fourth-order valence-corrected chi connectivity index (χ4v) is 1.60. The molecule has 88 valence electrons. The highest BCUT2D eigenvalue weighted by Crippen LogP contribution is 2.15. The third-order valence-corrected chi connectivity index (χ3v) is 2.69. The molecule has 0 aromatic heterocycles. The molecule has 0 radical (unpaired) electrons. The number of rotatable bonds is 5. The molecule has 5 heteroatoms. The molecule has 0 fully saturated rings. The summed E-state index contributed by atoms with van der Waals surface area (Å²) in [7, 11) is 0. The molecule has 1 aromatic carbocycles. The van der Waals surface area contributed by atoms with Crippen LogP contribution in [0.25, 0.3) is 0 Å². The van der Waals surface area contributed by atoms with Crippen molar-refractivity contribution in [3.05, 3.63) is 34.1 Å². The Hall–Kier alpha value is -0.940. The van der Waals surface area contributed by atoms with Crippen molar-refractivity contribution in [2.75, 3.05) is 6.54 Å². The second-order valence-electron chi connectivity index (χ2n) is 3.61. The second-order valence-corrected chi connectivity index (χ2v) is 4.52. The molecule has 3 nitrogen and oxygen atoms in total. The van der Waals surface area contributed by atoms with Crippen molar-refractivity contribution >= 4 is 21.9 Å². The molecule has 0 spiro atoms. The maximum Gasteiger partial charge on any atom is 0.307 e. The summed E-state index contributed by atoms with van der Waals surface area (Å²) in [5.74, 6) is -1.63. The summed E-state index contributed by atoms with van der Waals surface area (Å²) in [5.41, 5.74) is 0.520. The highest BCUT2D eigenvalue weighted by atomic mass is 79.9. The Morgan fingerprint density at radius 1 is 1.62 bits per heavy atom. The largest absolute Gasteiger partial charge is 0.481 e. The SMILES string of the molecule is CC(CNCc1cc(Br)ccc1F)C(=O)O. The third kappa shape index (κ3) is 3.90. The van der Waals surface area contributed by atoms with Gasteiger partial charge in [0, 0.05) is 23.1 Å². The molecular formula is C11H13BrFNO2. The molecule has 0 aliphatic rings. The molecule has 1 unspecified atom stereocenters. The van der Waals surface area contributed by atoms with Crippen LogP contribution in [-0.4, -0.2) is 17.6 Å². The molecule has 0 amide bonds. The van der Waals surface area contributed by atoms with Crippen molar-refractivity contribution in [3.8, 4) is 0 Å². The van der Waals surface area contributed by atoms with E-state index in [1.54, 1.807) is 19.1 Å². The smallest absolute Gasteiger partial charge is 0.307 e. The number of nitrogens with one attached hydrogen (secondary N) is 1. The lowest BCUT2D eigenvalue weighted by Gasteiger charge is -2.09. The number of carboxylic acid groups (broad SMARTS) is 1. The van der Waals surface area contributed by atoms with E-state index in [0.29, 0.717) is 18.7 Å². The molecule has 0 saturated heterocycles. The molecule has 0 aliphatic carbocycles. The maximum absolute atomic E-state index is 13.3. The average molecular weight is 290 g/mol. The molecule has 16 heavy (non-hydrogen) atoms. The summed E-state index contributed by atoms with van der Waals surface area (Å²) in [6.07, 6.45) is 0. The van der Waals surface area contributed by atoms with E-state index in [1.807, 2.05) is 0 Å². The van der Waals surface area contributed by atoms with Gasteiger partial charge in [-0.1, -0.05) is 22.9 Å². The quantitative estimate of drug-likeness (QED) is 0.875. The van der Waals surface area contributed by atoms with Gasteiger partial charge in [0.05, 0.1) is 5.92 Å². The Labute approximate surface area is 102 Å². The zero-order valence-electron chi connectivity index (χ0n) is 8.84. The van der Waals surface area contributed by atoms with Crippen LogP contribution in [0.2, 0.25) is 0 Å². The van der Waals surface area contributed by atoms with Gasteiger partial charge in [-0.3, -0.25) is 4.79 Å². The first kappa shape index (κ1) is 13.1. The summed E-state index contributed by atoms with van der Waals surface area (Å²) < 4.78 is 14.1. The first-order valence-electron chi connectivity index (χ1n) is 4.88. The van der Waals surface area contributed by atoms with Gasteiger partial charge in [-0.15, -0.1) is 0 Å². The molecular weight excluding hydrogens is 277 g/mol. The van der Waals surface area contributed by atoms with Crippen molar-refractivity contribution < 1.29 is 14.3 Å². The number of halogens is 2. The summed E-state index contributed by atoms with van der Waals surface area (Å²) in [4.78, 5) is 10.5. The van der Waals surface area contributed by atoms with Crippen LogP contribution in [0.3, 0.4) is 0 Å². The molecule has 2 N–H and O–H groups in total. The minimum Gasteiger partial charge on any atom is -0.481 e. The molecule has 0 heterocycles. The maximum atomic E-state index is 13.3. The van der Waals surface area contributed by atoms with Crippen LogP contribution in [0.1, 0.15) is 12.5 Å². The lowest BCUT2D eigenvalue weighted by molar-refractivity contribution is -0.140. The highest BCUT2D eigenvalue weighted by molar-refractivity contribution is 9.10. The van der Waals surface area contributed by atoms with Crippen LogP contribution in [0.5, 0.6) is 0 Å². The van der Waals surface area contributed by atoms with E-state index in [4.69, 9.17) is 5.11 Å². The van der Waals surface area contributed by atoms with Gasteiger partial charge < -0.3 is 10.4 Å². The van der Waals surface area contributed by atoms with Crippen LogP contribution in [0.4, 0.5) is 4.39 Å². The lowest BCUT2D eigenvalue weighted by atomic mass is 10.1. The van der Waals surface area contributed by atoms with E-state index in [-0.39, 0.29) is 5.82 Å². The minimum absolute atomic E-state index is 0.293. The third-order valence-electron chi connectivity index (χ3n) is 2.20. The van der Waals surface area contributed by atoms with Gasteiger partial charge in [-0.25, -0.2) is 4.39 Å². The van der Waals surface area contributed by atoms with Gasteiger partial charge in [0.15, 0.2) is 0 Å². The molecule has 1 aromatic rings. The Kier molecular flexibility index (Phi) is 4.89. The number of carbonyl (C=O) groups is 1. The predicted octanol–water partition coefficient (Wildman–Crippen LogP) is 2.40. The Morgan fingerprint density at radius 3 is 2.94 bits per heavy atom. The Balaban J connectivity index is 2.48. The van der Waals surface area contributed by atoms with E-state index in [2.05, 4.69) is 21.2 Å². The van der Waals surface area contributed by atoms with Gasteiger partial charge in [0.2, 0.25) is 0 Å². The highest BCUT2D eigenvalue weighted by Gasteiger charge is 2.10. The zero-order valence-corrected chi connectivity index (χ0v) is 10.4. The zero-order chi connectivity index (χ0) is 12.1. The van der Waals surface area contributed by atoms with Gasteiger partial charge in [0.1, 0.15) is 5.82 Å². The average Bonchev–Trinajstić information content (AvgIpc) is 2.22. The van der Waals surface area contributed by atoms with E-state index >= 15 is 0 Å². The summed E-state index contributed by atoms with van der Waals surface area (Å²) >= 11 is 3.25. The Morgan fingerprint density at radius 2 is 2.31 bits per heavy atom. The van der Waals surface area contributed by atoms with Crippen LogP contribution < -0.4 is 5.32 Å². The lowest BCUT2D eigenvalue weighted by Crippen LogP contribution is -2.26. The molecule has 0 aliphatic heterocycles. The van der Waals surface area contributed by atoms with Gasteiger partial charge in [-0.05, 0) is 18.2 Å². The van der Waals surface area contributed by atoms with E-state index < -0.39 is 11.9 Å². The molecule has 0 bridgehead atoms. The number of carboxylic acids is 1. The number of benzene rings is 1. The van der Waals surface area contributed by atoms with Crippen LogP contribution in [-0.2, 0) is 11.3 Å². The predicted molar refractivity (Wildman–Crippen MR) is 62.6 cm³/mol. The number of hydrogen-bond donors (Lipinski definition) is 2. The second kappa shape index (κ2) is 5.96. The topological polar surface area (TPSA) is 49.3 Å². The molecule has 1 atom stereocenters. The first-order valence-corrected chi connectivity index (χ1v) is 5.67.